The van der Waals surface area contributed by atoms with Gasteiger partial charge < -0.3 is 58.6 Å². The highest BCUT2D eigenvalue weighted by Crippen LogP contribution is 2.29. The van der Waals surface area contributed by atoms with E-state index in [2.05, 4.69) is 41.9 Å². The molecule has 3 aromatic carbocycles. The molecular weight excluding hydrogens is 901 g/mol. The standard InChI is InChI=1S/C50H66N10O10/c1-6-28(3)41(46(66)58-38(49(69)70)25-33-27-54-35-22-15-14-21-34(33)35)60-47(67)42(29(4)7-2)59-45(65)37(26-39(62)63)57-44(64)36(23-16-24-53-50(51)52)56-48(68)43(55-30(5)61)40(31-17-10-8-11-18-31)32-19-12-9-13-20-32/h8-15,17-22,27-29,36-38,40-43,54H,6-7,16,23-26H2,1-5H3,(H,55,61)(H,56,68)(H,57,64)(H,58,66)(H,59,65)(H,60,67)(H,62,63)(H,69,70)(H4,51,52,53)/t28?,29?,36-,37-,38-,41-,42-,43+/m0/s1. The number of carboxylic acids is 2. The summed E-state index contributed by atoms with van der Waals surface area (Å²) in [7, 11) is 0. The smallest absolute Gasteiger partial charge is 0.326 e. The molecule has 8 atom stereocenters. The molecule has 4 rings (SSSR count). The van der Waals surface area contributed by atoms with Gasteiger partial charge >= 0.3 is 11.9 Å². The summed E-state index contributed by atoms with van der Waals surface area (Å²) in [6, 6.07) is 16.7. The van der Waals surface area contributed by atoms with Crippen molar-refractivity contribution in [2.75, 3.05) is 6.54 Å². The van der Waals surface area contributed by atoms with Crippen molar-refractivity contribution in [3.63, 3.8) is 0 Å². The zero-order valence-electron chi connectivity index (χ0n) is 40.1. The number of nitrogens with zero attached hydrogens (tertiary/aromatic N) is 1. The van der Waals surface area contributed by atoms with Crippen LogP contribution in [0.5, 0.6) is 0 Å². The van der Waals surface area contributed by atoms with Crippen LogP contribution in [0, 0.1) is 11.8 Å². The van der Waals surface area contributed by atoms with Crippen molar-refractivity contribution in [2.24, 2.45) is 28.3 Å². The minimum absolute atomic E-state index is 0.0369. The Labute approximate surface area is 406 Å². The van der Waals surface area contributed by atoms with Gasteiger partial charge in [-0.2, -0.15) is 0 Å². The van der Waals surface area contributed by atoms with E-state index in [-0.39, 0.29) is 31.8 Å². The van der Waals surface area contributed by atoms with Crippen LogP contribution in [0.4, 0.5) is 0 Å². The lowest BCUT2D eigenvalue weighted by molar-refractivity contribution is -0.142. The summed E-state index contributed by atoms with van der Waals surface area (Å²) >= 11 is 0. The van der Waals surface area contributed by atoms with Gasteiger partial charge in [0.1, 0.15) is 36.3 Å². The summed E-state index contributed by atoms with van der Waals surface area (Å²) in [6.45, 7) is 8.17. The lowest BCUT2D eigenvalue weighted by atomic mass is 9.84. The Hall–Kier alpha value is -7.77. The third-order valence-corrected chi connectivity index (χ3v) is 12.2. The maximum absolute atomic E-state index is 14.4. The molecule has 20 heteroatoms. The van der Waals surface area contributed by atoms with Crippen LogP contribution in [0.2, 0.25) is 0 Å². The van der Waals surface area contributed by atoms with Gasteiger partial charge in [0.15, 0.2) is 5.96 Å². The molecule has 0 saturated carbocycles. The number of fused-ring (bicyclic) bond motifs is 1. The summed E-state index contributed by atoms with van der Waals surface area (Å²) in [6.07, 6.45) is 1.41. The normalized spacial score (nSPS) is 14.5. The Balaban J connectivity index is 1.59. The number of carboxylic acid groups (broad SMARTS) is 2. The number of hydrogen-bond donors (Lipinski definition) is 11. The van der Waals surface area contributed by atoms with Gasteiger partial charge in [0.05, 0.1) is 6.42 Å². The molecule has 0 aliphatic rings. The molecule has 20 nitrogen and oxygen atoms in total. The lowest BCUT2D eigenvalue weighted by Gasteiger charge is -2.31. The molecule has 0 radical (unpaired) electrons. The molecule has 376 valence electrons. The zero-order chi connectivity index (χ0) is 51.5. The van der Waals surface area contributed by atoms with Crippen molar-refractivity contribution in [3.05, 3.63) is 108 Å². The molecule has 4 aromatic rings. The van der Waals surface area contributed by atoms with Crippen molar-refractivity contribution in [2.45, 2.75) is 115 Å². The van der Waals surface area contributed by atoms with E-state index in [0.717, 1.165) is 10.9 Å². The number of aromatic amines is 1. The van der Waals surface area contributed by atoms with Crippen LogP contribution in [0.15, 0.2) is 96.1 Å². The average molecular weight is 967 g/mol. The second kappa shape index (κ2) is 26.7. The molecule has 0 saturated heterocycles. The maximum atomic E-state index is 14.4. The second-order valence-electron chi connectivity index (χ2n) is 17.4. The summed E-state index contributed by atoms with van der Waals surface area (Å²) in [5, 5.41) is 36.6. The van der Waals surface area contributed by atoms with Crippen LogP contribution < -0.4 is 43.4 Å². The average Bonchev–Trinajstić information content (AvgIpc) is 3.74. The first-order valence-electron chi connectivity index (χ1n) is 23.3. The number of nitrogens with one attached hydrogen (secondary N) is 7. The van der Waals surface area contributed by atoms with E-state index in [9.17, 15) is 48.6 Å². The molecule has 1 heterocycles. The molecule has 0 fully saturated rings. The van der Waals surface area contributed by atoms with Gasteiger partial charge in [-0.3, -0.25) is 38.6 Å². The molecule has 6 amide bonds. The van der Waals surface area contributed by atoms with E-state index in [4.69, 9.17) is 11.5 Å². The van der Waals surface area contributed by atoms with Gasteiger partial charge in [-0.1, -0.05) is 119 Å². The highest BCUT2D eigenvalue weighted by molar-refractivity contribution is 5.98. The van der Waals surface area contributed by atoms with E-state index in [1.807, 2.05) is 24.3 Å². The Bertz CT molecular complexity index is 2420. The molecule has 0 aliphatic heterocycles. The largest absolute Gasteiger partial charge is 0.481 e. The van der Waals surface area contributed by atoms with E-state index in [1.165, 1.54) is 6.92 Å². The number of benzene rings is 3. The van der Waals surface area contributed by atoms with Gasteiger partial charge in [0.2, 0.25) is 35.4 Å². The fraction of sp³-hybridized carbons (Fsp3) is 0.420. The molecule has 0 spiro atoms. The zero-order valence-corrected chi connectivity index (χ0v) is 40.1. The number of rotatable bonds is 27. The number of amides is 6. The SMILES string of the molecule is CCC(C)[C@H](NC(=O)[C@H](CC(=O)O)NC(=O)[C@H](CCCN=C(N)N)NC(=O)[C@H](NC(C)=O)C(c1ccccc1)c1ccccc1)C(=O)N[C@H](C(=O)N[C@@H](Cc1c[nH]c2ccccc12)C(=O)O)C(C)CC. The predicted octanol–water partition coefficient (Wildman–Crippen LogP) is 2.18. The number of nitrogens with two attached hydrogens (primary N) is 2. The van der Waals surface area contributed by atoms with Gasteiger partial charge in [0.25, 0.3) is 0 Å². The van der Waals surface area contributed by atoms with Crippen LogP contribution in [0.25, 0.3) is 10.9 Å². The number of carbonyl (C=O) groups excluding carboxylic acids is 6. The van der Waals surface area contributed by atoms with Gasteiger partial charge in [-0.15, -0.1) is 0 Å². The first kappa shape index (κ1) is 54.8. The Kier molecular flexibility index (Phi) is 20.9. The summed E-state index contributed by atoms with van der Waals surface area (Å²) in [5.74, 6) is -9.75. The number of aliphatic imine (C=N–C) groups is 1. The minimum atomic E-state index is -1.79. The van der Waals surface area contributed by atoms with Crippen molar-refractivity contribution in [3.8, 4) is 0 Å². The number of aliphatic carboxylic acids is 2. The summed E-state index contributed by atoms with van der Waals surface area (Å²) in [4.78, 5) is 115. The number of carbonyl (C=O) groups is 8. The third-order valence-electron chi connectivity index (χ3n) is 12.2. The van der Waals surface area contributed by atoms with E-state index < -0.39 is 108 Å². The third kappa shape index (κ3) is 15.9. The van der Waals surface area contributed by atoms with Crippen molar-refractivity contribution >= 4 is 64.2 Å². The van der Waals surface area contributed by atoms with Crippen molar-refractivity contribution < 1.29 is 48.6 Å². The Morgan fingerprint density at radius 2 is 1.10 bits per heavy atom. The molecule has 2 unspecified atom stereocenters. The minimum Gasteiger partial charge on any atom is -0.481 e. The fourth-order valence-electron chi connectivity index (χ4n) is 7.99. The van der Waals surface area contributed by atoms with E-state index in [1.54, 1.807) is 94.6 Å². The molecule has 1 aromatic heterocycles. The first-order chi connectivity index (χ1) is 33.3. The number of hydrogen-bond acceptors (Lipinski definition) is 9. The maximum Gasteiger partial charge on any atom is 0.326 e. The topological polar surface area (TPSA) is 329 Å². The Morgan fingerprint density at radius 1 is 0.614 bits per heavy atom. The second-order valence-corrected chi connectivity index (χ2v) is 17.4. The van der Waals surface area contributed by atoms with Crippen LogP contribution >= 0.6 is 0 Å². The predicted molar refractivity (Wildman–Crippen MR) is 263 cm³/mol. The first-order valence-corrected chi connectivity index (χ1v) is 23.3. The summed E-state index contributed by atoms with van der Waals surface area (Å²) < 4.78 is 0. The van der Waals surface area contributed by atoms with Gasteiger partial charge in [0, 0.05) is 42.9 Å². The van der Waals surface area contributed by atoms with Crippen LogP contribution in [0.3, 0.4) is 0 Å². The van der Waals surface area contributed by atoms with Crippen LogP contribution in [-0.2, 0) is 44.8 Å². The van der Waals surface area contributed by atoms with Crippen LogP contribution in [-0.4, -0.2) is 111 Å². The van der Waals surface area contributed by atoms with E-state index >= 15 is 0 Å². The monoisotopic (exact) mass is 966 g/mol. The number of aromatic nitrogens is 1. The molecule has 13 N–H and O–H groups in total. The van der Waals surface area contributed by atoms with Crippen molar-refractivity contribution in [1.82, 2.24) is 36.9 Å². The fourth-order valence-corrected chi connectivity index (χ4v) is 7.99. The number of H-pyrrole nitrogens is 1. The number of guanidine groups is 1. The highest BCUT2D eigenvalue weighted by atomic mass is 16.4. The van der Waals surface area contributed by atoms with Crippen LogP contribution in [0.1, 0.15) is 89.3 Å². The lowest BCUT2D eigenvalue weighted by Crippen LogP contribution is -2.61. The van der Waals surface area contributed by atoms with E-state index in [0.29, 0.717) is 29.5 Å². The molecule has 70 heavy (non-hydrogen) atoms. The molecular formula is C50H66N10O10. The highest BCUT2D eigenvalue weighted by Gasteiger charge is 2.38. The van der Waals surface area contributed by atoms with Gasteiger partial charge in [-0.25, -0.2) is 4.79 Å². The van der Waals surface area contributed by atoms with Gasteiger partial charge in [-0.05, 0) is 47.4 Å². The van der Waals surface area contributed by atoms with Crippen molar-refractivity contribution in [1.29, 1.82) is 0 Å². The molecule has 0 bridgehead atoms. The quantitative estimate of drug-likeness (QED) is 0.0233. The Morgan fingerprint density at radius 3 is 1.63 bits per heavy atom. The summed E-state index contributed by atoms with van der Waals surface area (Å²) in [5.41, 5.74) is 13.8. The molecule has 0 aliphatic carbocycles. The number of para-hydroxylation sites is 1.